The molecule has 174 valence electrons. The number of fused-ring (bicyclic) bond motifs is 1. The zero-order chi connectivity index (χ0) is 24.4. The molecule has 5 nitrogen and oxygen atoms in total. The van der Waals surface area contributed by atoms with E-state index in [4.69, 9.17) is 0 Å². The van der Waals surface area contributed by atoms with Gasteiger partial charge in [-0.05, 0) is 48.9 Å². The van der Waals surface area contributed by atoms with Crippen LogP contribution in [0.3, 0.4) is 0 Å². The summed E-state index contributed by atoms with van der Waals surface area (Å²) in [5, 5.41) is 0.370. The zero-order valence-corrected chi connectivity index (χ0v) is 19.2. The first-order chi connectivity index (χ1) is 16.3. The minimum Gasteiger partial charge on any atom is -0.338 e. The Morgan fingerprint density at radius 1 is 1.03 bits per heavy atom. The van der Waals surface area contributed by atoms with Gasteiger partial charge in [0.15, 0.2) is 5.16 Å². The van der Waals surface area contributed by atoms with Crippen LogP contribution in [0, 0.1) is 17.5 Å². The fourth-order valence-electron chi connectivity index (χ4n) is 3.49. The third kappa shape index (κ3) is 4.70. The molecule has 0 spiro atoms. The molecule has 0 N–H and O–H groups in total. The third-order valence-electron chi connectivity index (χ3n) is 5.55. The van der Waals surface area contributed by atoms with E-state index in [1.54, 1.807) is 43.4 Å². The van der Waals surface area contributed by atoms with Gasteiger partial charge in [-0.25, -0.2) is 18.2 Å². The lowest BCUT2D eigenvalue weighted by atomic mass is 10.1. The van der Waals surface area contributed by atoms with Gasteiger partial charge >= 0.3 is 0 Å². The van der Waals surface area contributed by atoms with Gasteiger partial charge in [0.05, 0.1) is 28.4 Å². The molecule has 0 aliphatic heterocycles. The maximum atomic E-state index is 14.6. The van der Waals surface area contributed by atoms with Crippen LogP contribution in [-0.2, 0) is 4.79 Å². The summed E-state index contributed by atoms with van der Waals surface area (Å²) in [6.07, 6.45) is 0. The van der Waals surface area contributed by atoms with Crippen molar-refractivity contribution < 1.29 is 18.0 Å². The number of aromatic nitrogens is 2. The molecule has 4 aromatic rings. The minimum atomic E-state index is -0.922. The number of rotatable bonds is 6. The molecule has 0 aliphatic carbocycles. The van der Waals surface area contributed by atoms with Crippen LogP contribution in [-0.4, -0.2) is 33.2 Å². The van der Waals surface area contributed by atoms with Crippen molar-refractivity contribution in [2.45, 2.75) is 18.1 Å². The highest BCUT2D eigenvalue weighted by molar-refractivity contribution is 7.99. The monoisotopic (exact) mass is 483 g/mol. The van der Waals surface area contributed by atoms with Crippen molar-refractivity contribution in [1.29, 1.82) is 0 Å². The van der Waals surface area contributed by atoms with E-state index in [0.29, 0.717) is 11.6 Å². The van der Waals surface area contributed by atoms with Gasteiger partial charge in [-0.15, -0.1) is 0 Å². The molecular formula is C25H20F3N3O2S. The Morgan fingerprint density at radius 3 is 2.41 bits per heavy atom. The van der Waals surface area contributed by atoms with Gasteiger partial charge in [0, 0.05) is 13.1 Å². The van der Waals surface area contributed by atoms with Crippen molar-refractivity contribution in [2.24, 2.45) is 0 Å². The van der Waals surface area contributed by atoms with E-state index in [-0.39, 0.29) is 39.7 Å². The molecule has 0 fully saturated rings. The predicted molar refractivity (Wildman–Crippen MR) is 126 cm³/mol. The number of carbonyl (C=O) groups excluding carboxylic acids is 1. The molecule has 9 heteroatoms. The summed E-state index contributed by atoms with van der Waals surface area (Å²) in [5.41, 5.74) is 0.470. The maximum Gasteiger partial charge on any atom is 0.266 e. The van der Waals surface area contributed by atoms with Crippen molar-refractivity contribution in [3.05, 3.63) is 100 Å². The largest absolute Gasteiger partial charge is 0.338 e. The first-order valence-corrected chi connectivity index (χ1v) is 11.4. The van der Waals surface area contributed by atoms with Crippen LogP contribution in [0.4, 0.5) is 13.2 Å². The van der Waals surface area contributed by atoms with Gasteiger partial charge in [-0.1, -0.05) is 36.0 Å². The summed E-state index contributed by atoms with van der Waals surface area (Å²) in [7, 11) is 1.62. The van der Waals surface area contributed by atoms with E-state index < -0.39 is 17.2 Å². The number of nitrogens with zero attached hydrogens (tertiary/aromatic N) is 3. The van der Waals surface area contributed by atoms with Gasteiger partial charge in [0.1, 0.15) is 17.5 Å². The topological polar surface area (TPSA) is 55.2 Å². The van der Waals surface area contributed by atoms with E-state index in [2.05, 4.69) is 4.98 Å². The summed E-state index contributed by atoms with van der Waals surface area (Å²) < 4.78 is 42.4. The lowest BCUT2D eigenvalue weighted by molar-refractivity contribution is -0.128. The van der Waals surface area contributed by atoms with Crippen LogP contribution in [0.25, 0.3) is 16.6 Å². The molecular weight excluding hydrogens is 463 g/mol. The molecule has 1 heterocycles. The third-order valence-corrected chi connectivity index (χ3v) is 6.47. The quantitative estimate of drug-likeness (QED) is 0.282. The predicted octanol–water partition coefficient (Wildman–Crippen LogP) is 5.11. The highest BCUT2D eigenvalue weighted by Crippen LogP contribution is 2.25. The van der Waals surface area contributed by atoms with Gasteiger partial charge in [0.25, 0.3) is 5.56 Å². The van der Waals surface area contributed by atoms with Crippen LogP contribution in [0.5, 0.6) is 0 Å². The van der Waals surface area contributed by atoms with E-state index >= 15 is 0 Å². The zero-order valence-electron chi connectivity index (χ0n) is 18.3. The lowest BCUT2D eigenvalue weighted by Crippen LogP contribution is -2.31. The Hall–Kier alpha value is -3.59. The molecule has 1 aromatic heterocycles. The van der Waals surface area contributed by atoms with E-state index in [9.17, 15) is 22.8 Å². The standard InChI is InChI=1S/C25H20F3N3O2S/c1-15(16-7-9-17(26)10-8-16)30(2)23(32)14-34-25-29-21-6-4-3-5-19(21)24(33)31(25)22-12-11-18(27)13-20(22)28/h3-13,15H,14H2,1-2H3. The van der Waals surface area contributed by atoms with Gasteiger partial charge in [-0.2, -0.15) is 0 Å². The van der Waals surface area contributed by atoms with Crippen molar-refractivity contribution >= 4 is 28.6 Å². The molecule has 0 saturated heterocycles. The van der Waals surface area contributed by atoms with Crippen molar-refractivity contribution in [3.8, 4) is 5.69 Å². The van der Waals surface area contributed by atoms with Crippen molar-refractivity contribution in [3.63, 3.8) is 0 Å². The molecule has 1 amide bonds. The van der Waals surface area contributed by atoms with Gasteiger partial charge in [-0.3, -0.25) is 14.2 Å². The molecule has 4 rings (SSSR count). The summed E-state index contributed by atoms with van der Waals surface area (Å²) >= 11 is 0.975. The summed E-state index contributed by atoms with van der Waals surface area (Å²) in [5.74, 6) is -2.42. The Labute approximate surface area is 197 Å². The van der Waals surface area contributed by atoms with Gasteiger partial charge < -0.3 is 4.90 Å². The second-order valence-electron chi connectivity index (χ2n) is 7.67. The van der Waals surface area contributed by atoms with E-state index in [1.165, 1.54) is 17.0 Å². The fourth-order valence-corrected chi connectivity index (χ4v) is 4.42. The number of halogens is 3. The van der Waals surface area contributed by atoms with Crippen LogP contribution in [0.15, 0.2) is 76.7 Å². The Morgan fingerprint density at radius 2 is 1.71 bits per heavy atom. The molecule has 1 unspecified atom stereocenters. The second kappa shape index (κ2) is 9.72. The average molecular weight is 484 g/mol. The van der Waals surface area contributed by atoms with Crippen LogP contribution in [0.1, 0.15) is 18.5 Å². The number of hydrogen-bond donors (Lipinski definition) is 0. The number of thioether (sulfide) groups is 1. The normalized spacial score (nSPS) is 12.0. The van der Waals surface area contributed by atoms with Crippen LogP contribution < -0.4 is 5.56 Å². The van der Waals surface area contributed by atoms with E-state index in [0.717, 1.165) is 34.0 Å². The summed E-state index contributed by atoms with van der Waals surface area (Å²) in [6, 6.07) is 15.1. The molecule has 0 radical (unpaired) electrons. The first kappa shape index (κ1) is 23.6. The van der Waals surface area contributed by atoms with Crippen molar-refractivity contribution in [1.82, 2.24) is 14.5 Å². The molecule has 3 aromatic carbocycles. The Kier molecular flexibility index (Phi) is 6.74. The average Bonchev–Trinajstić information content (AvgIpc) is 2.83. The summed E-state index contributed by atoms with van der Waals surface area (Å²) in [4.78, 5) is 32.1. The van der Waals surface area contributed by atoms with E-state index in [1.807, 2.05) is 6.92 Å². The highest BCUT2D eigenvalue weighted by atomic mass is 32.2. The molecule has 0 aliphatic rings. The van der Waals surface area contributed by atoms with Crippen molar-refractivity contribution in [2.75, 3.05) is 12.8 Å². The number of amides is 1. The van der Waals surface area contributed by atoms with Crippen LogP contribution >= 0.6 is 11.8 Å². The molecule has 34 heavy (non-hydrogen) atoms. The fraction of sp³-hybridized carbons (Fsp3) is 0.160. The van der Waals surface area contributed by atoms with Crippen LogP contribution in [0.2, 0.25) is 0 Å². The SMILES string of the molecule is CC(c1ccc(F)cc1)N(C)C(=O)CSc1nc2ccccc2c(=O)n1-c1ccc(F)cc1F. The number of carbonyl (C=O) groups is 1. The number of hydrogen-bond acceptors (Lipinski definition) is 4. The summed E-state index contributed by atoms with van der Waals surface area (Å²) in [6.45, 7) is 1.81. The van der Waals surface area contributed by atoms with Gasteiger partial charge in [0.2, 0.25) is 5.91 Å². The number of para-hydroxylation sites is 1. The second-order valence-corrected chi connectivity index (χ2v) is 8.61. The lowest BCUT2D eigenvalue weighted by Gasteiger charge is -2.25. The number of benzene rings is 3. The highest BCUT2D eigenvalue weighted by Gasteiger charge is 2.21. The Balaban J connectivity index is 1.66. The Bertz CT molecular complexity index is 1420. The first-order valence-electron chi connectivity index (χ1n) is 10.4. The maximum absolute atomic E-state index is 14.6. The molecule has 1 atom stereocenters. The smallest absolute Gasteiger partial charge is 0.266 e. The molecule has 0 saturated carbocycles. The minimum absolute atomic E-state index is 0.0877. The molecule has 0 bridgehead atoms.